The lowest BCUT2D eigenvalue weighted by Crippen LogP contribution is -2.24. The third-order valence-corrected chi connectivity index (χ3v) is 6.06. The topological polar surface area (TPSA) is 103 Å². The number of non-ortho nitro benzene ring substituents is 1. The number of amides is 1. The number of thioether (sulfide) groups is 1. The molecule has 0 fully saturated rings. The first-order valence-electron chi connectivity index (χ1n) is 10.2. The van der Waals surface area contributed by atoms with Crippen LogP contribution in [0, 0.1) is 17.0 Å². The number of nitro groups is 1. The van der Waals surface area contributed by atoms with Gasteiger partial charge in [0.25, 0.3) is 11.6 Å². The molecule has 4 rings (SSSR count). The lowest BCUT2D eigenvalue weighted by atomic mass is 10.1. The van der Waals surface area contributed by atoms with Crippen LogP contribution < -0.4 is 5.32 Å². The second kappa shape index (κ2) is 10.1. The molecule has 1 amide bonds. The zero-order valence-electron chi connectivity index (χ0n) is 17.8. The quantitative estimate of drug-likeness (QED) is 0.233. The zero-order valence-corrected chi connectivity index (χ0v) is 18.7. The average molecular weight is 460 g/mol. The Morgan fingerprint density at radius 2 is 1.70 bits per heavy atom. The monoisotopic (exact) mass is 459 g/mol. The van der Waals surface area contributed by atoms with E-state index in [9.17, 15) is 14.9 Å². The van der Waals surface area contributed by atoms with Crippen molar-refractivity contribution in [1.82, 2.24) is 20.1 Å². The minimum atomic E-state index is -0.440. The van der Waals surface area contributed by atoms with Gasteiger partial charge < -0.3 is 5.32 Å². The van der Waals surface area contributed by atoms with Crippen molar-refractivity contribution in [2.45, 2.75) is 24.4 Å². The normalized spacial score (nSPS) is 10.7. The van der Waals surface area contributed by atoms with Crippen LogP contribution in [0.5, 0.6) is 0 Å². The Hall–Kier alpha value is -3.98. The smallest absolute Gasteiger partial charge is 0.269 e. The fourth-order valence-corrected chi connectivity index (χ4v) is 4.30. The van der Waals surface area contributed by atoms with Gasteiger partial charge in [-0.2, -0.15) is 0 Å². The second-order valence-corrected chi connectivity index (χ2v) is 8.21. The number of carbonyl (C=O) groups excluding carboxylic acids is 1. The summed E-state index contributed by atoms with van der Waals surface area (Å²) >= 11 is 1.51. The van der Waals surface area contributed by atoms with E-state index in [1.54, 1.807) is 36.4 Å². The largest absolute Gasteiger partial charge is 0.345 e. The molecule has 166 valence electrons. The van der Waals surface area contributed by atoms with Gasteiger partial charge in [-0.05, 0) is 42.3 Å². The first kappa shape index (κ1) is 22.2. The molecule has 0 atom stereocenters. The van der Waals surface area contributed by atoms with Gasteiger partial charge in [0.2, 0.25) is 0 Å². The molecule has 0 saturated heterocycles. The van der Waals surface area contributed by atoms with Crippen molar-refractivity contribution in [2.75, 3.05) is 0 Å². The predicted molar refractivity (Wildman–Crippen MR) is 126 cm³/mol. The molecule has 1 aromatic heterocycles. The third kappa shape index (κ3) is 5.27. The Morgan fingerprint density at radius 3 is 2.39 bits per heavy atom. The van der Waals surface area contributed by atoms with E-state index >= 15 is 0 Å². The molecule has 0 unspecified atom stereocenters. The van der Waals surface area contributed by atoms with E-state index in [-0.39, 0.29) is 18.1 Å². The lowest BCUT2D eigenvalue weighted by molar-refractivity contribution is -0.384. The molecule has 3 aromatic carbocycles. The van der Waals surface area contributed by atoms with Gasteiger partial charge in [0.05, 0.1) is 11.5 Å². The van der Waals surface area contributed by atoms with E-state index in [2.05, 4.69) is 34.6 Å². The van der Waals surface area contributed by atoms with Crippen LogP contribution in [0.15, 0.2) is 84.0 Å². The molecular formula is C24H21N5O3S. The molecular weight excluding hydrogens is 438 g/mol. The summed E-state index contributed by atoms with van der Waals surface area (Å²) in [4.78, 5) is 23.1. The number of aryl methyl sites for hydroxylation is 1. The minimum absolute atomic E-state index is 0.000122. The molecule has 0 aliphatic rings. The van der Waals surface area contributed by atoms with E-state index < -0.39 is 4.92 Å². The summed E-state index contributed by atoms with van der Waals surface area (Å²) in [5.74, 6) is 0.997. The van der Waals surface area contributed by atoms with Crippen molar-refractivity contribution in [3.05, 3.63) is 111 Å². The van der Waals surface area contributed by atoms with Gasteiger partial charge in [0.15, 0.2) is 11.0 Å². The minimum Gasteiger partial charge on any atom is -0.345 e. The van der Waals surface area contributed by atoms with Crippen LogP contribution >= 0.6 is 11.8 Å². The summed E-state index contributed by atoms with van der Waals surface area (Å²) in [6.07, 6.45) is 0. The molecule has 33 heavy (non-hydrogen) atoms. The summed E-state index contributed by atoms with van der Waals surface area (Å²) in [7, 11) is 0. The van der Waals surface area contributed by atoms with Gasteiger partial charge in [0, 0.05) is 29.1 Å². The summed E-state index contributed by atoms with van der Waals surface area (Å²) in [6.45, 7) is 2.21. The van der Waals surface area contributed by atoms with E-state index in [0.717, 1.165) is 0 Å². The summed E-state index contributed by atoms with van der Waals surface area (Å²) in [5, 5.41) is 23.2. The van der Waals surface area contributed by atoms with Crippen LogP contribution in [0.1, 0.15) is 27.3 Å². The van der Waals surface area contributed by atoms with Gasteiger partial charge in [-0.25, -0.2) is 0 Å². The van der Waals surface area contributed by atoms with Crippen LogP contribution in [0.2, 0.25) is 0 Å². The van der Waals surface area contributed by atoms with Gasteiger partial charge in [0.1, 0.15) is 0 Å². The molecule has 8 nitrogen and oxygen atoms in total. The van der Waals surface area contributed by atoms with Crippen LogP contribution in [0.3, 0.4) is 0 Å². The van der Waals surface area contributed by atoms with Gasteiger partial charge in [-0.1, -0.05) is 54.2 Å². The summed E-state index contributed by atoms with van der Waals surface area (Å²) in [5.41, 5.74) is 3.59. The number of hydrogen-bond donors (Lipinski definition) is 1. The first-order chi connectivity index (χ1) is 16.0. The number of aromatic nitrogens is 3. The highest BCUT2D eigenvalue weighted by Crippen LogP contribution is 2.27. The molecule has 0 aliphatic heterocycles. The Balaban J connectivity index is 1.60. The van der Waals surface area contributed by atoms with Gasteiger partial charge in [-0.15, -0.1) is 10.2 Å². The molecule has 9 heteroatoms. The number of carbonyl (C=O) groups is 1. The van der Waals surface area contributed by atoms with E-state index in [0.29, 0.717) is 28.0 Å². The zero-order chi connectivity index (χ0) is 23.2. The van der Waals surface area contributed by atoms with Crippen LogP contribution in [0.25, 0.3) is 5.69 Å². The number of nitrogens with one attached hydrogen (secondary N) is 1. The number of nitro benzene ring substituents is 1. The van der Waals surface area contributed by atoms with E-state index in [4.69, 9.17) is 0 Å². The molecule has 0 saturated carbocycles. The van der Waals surface area contributed by atoms with Gasteiger partial charge >= 0.3 is 0 Å². The maximum Gasteiger partial charge on any atom is 0.269 e. The molecule has 0 spiro atoms. The lowest BCUT2D eigenvalue weighted by Gasteiger charge is -2.11. The first-order valence-corrected chi connectivity index (χ1v) is 11.2. The SMILES string of the molecule is Cc1ccccc1CSc1nnc(CNC(=O)c2ccccc2)n1-c1ccc([N+](=O)[O-])cc1. The number of hydrogen-bond acceptors (Lipinski definition) is 6. The Kier molecular flexibility index (Phi) is 6.80. The average Bonchev–Trinajstić information content (AvgIpc) is 3.25. The van der Waals surface area contributed by atoms with E-state index in [1.165, 1.54) is 35.0 Å². The number of rotatable bonds is 8. The fourth-order valence-electron chi connectivity index (χ4n) is 3.26. The third-order valence-electron chi connectivity index (χ3n) is 5.08. The van der Waals surface area contributed by atoms with Crippen molar-refractivity contribution < 1.29 is 9.72 Å². The Bertz CT molecular complexity index is 1270. The summed E-state index contributed by atoms with van der Waals surface area (Å²) in [6, 6.07) is 23.2. The fraction of sp³-hybridized carbons (Fsp3) is 0.125. The van der Waals surface area contributed by atoms with Crippen molar-refractivity contribution in [1.29, 1.82) is 0 Å². The van der Waals surface area contributed by atoms with Crippen LogP contribution in [-0.4, -0.2) is 25.6 Å². The molecule has 0 aliphatic carbocycles. The predicted octanol–water partition coefficient (Wildman–Crippen LogP) is 4.71. The Morgan fingerprint density at radius 1 is 1.00 bits per heavy atom. The molecule has 4 aromatic rings. The number of benzene rings is 3. The Labute approximate surface area is 194 Å². The maximum atomic E-state index is 12.5. The number of nitrogens with zero attached hydrogens (tertiary/aromatic N) is 4. The highest BCUT2D eigenvalue weighted by Gasteiger charge is 2.17. The maximum absolute atomic E-state index is 12.5. The summed E-state index contributed by atoms with van der Waals surface area (Å²) < 4.78 is 1.82. The van der Waals surface area contributed by atoms with Crippen molar-refractivity contribution >= 4 is 23.4 Å². The van der Waals surface area contributed by atoms with E-state index in [1.807, 2.05) is 22.8 Å². The van der Waals surface area contributed by atoms with Crippen LogP contribution in [0.4, 0.5) is 5.69 Å². The van der Waals surface area contributed by atoms with Crippen molar-refractivity contribution in [2.24, 2.45) is 0 Å². The highest BCUT2D eigenvalue weighted by atomic mass is 32.2. The van der Waals surface area contributed by atoms with Crippen molar-refractivity contribution in [3.63, 3.8) is 0 Å². The molecule has 1 N–H and O–H groups in total. The standard InChI is InChI=1S/C24H21N5O3S/c1-17-7-5-6-10-19(17)16-33-24-27-26-22(15-25-23(30)18-8-3-2-4-9-18)28(24)20-11-13-21(14-12-20)29(31)32/h2-14H,15-16H2,1H3,(H,25,30). The molecule has 1 heterocycles. The van der Waals surface area contributed by atoms with Crippen molar-refractivity contribution in [3.8, 4) is 5.69 Å². The second-order valence-electron chi connectivity index (χ2n) is 7.27. The van der Waals surface area contributed by atoms with Gasteiger partial charge in [-0.3, -0.25) is 19.5 Å². The molecule has 0 radical (unpaired) electrons. The molecule has 0 bridgehead atoms. The van der Waals surface area contributed by atoms with Crippen LogP contribution in [-0.2, 0) is 12.3 Å². The highest BCUT2D eigenvalue weighted by molar-refractivity contribution is 7.98.